The van der Waals surface area contributed by atoms with Crippen LogP contribution in [-0.4, -0.2) is 24.4 Å². The van der Waals surface area contributed by atoms with E-state index in [0.717, 1.165) is 0 Å². The molecule has 7 heteroatoms. The number of nitrogens with one attached hydrogen (secondary N) is 2. The highest BCUT2D eigenvalue weighted by atomic mass is 19.1. The average Bonchev–Trinajstić information content (AvgIpc) is 2.88. The molecule has 0 saturated carbocycles. The van der Waals surface area contributed by atoms with Gasteiger partial charge in [-0.3, -0.25) is 0 Å². The maximum absolute atomic E-state index is 13.3. The van der Waals surface area contributed by atoms with Crippen LogP contribution in [0.1, 0.15) is 18.9 Å². The van der Waals surface area contributed by atoms with Gasteiger partial charge in [-0.05, 0) is 26.1 Å². The summed E-state index contributed by atoms with van der Waals surface area (Å²) in [5.74, 6) is 0.190. The summed E-state index contributed by atoms with van der Waals surface area (Å²) in [6.07, 6.45) is 0. The van der Waals surface area contributed by atoms with E-state index in [1.807, 2.05) is 6.92 Å². The monoisotopic (exact) mass is 266 g/mol. The molecule has 2 aromatic rings. The molecule has 0 spiro atoms. The van der Waals surface area contributed by atoms with Crippen molar-refractivity contribution in [3.05, 3.63) is 29.9 Å². The third-order valence-corrected chi connectivity index (χ3v) is 2.65. The number of hydrogen-bond donors (Lipinski definition) is 2. The van der Waals surface area contributed by atoms with Crippen LogP contribution in [0.3, 0.4) is 0 Å². The summed E-state index contributed by atoms with van der Waals surface area (Å²) in [5.41, 5.74) is 0.602. The second-order valence-electron chi connectivity index (χ2n) is 3.93. The van der Waals surface area contributed by atoms with Crippen molar-refractivity contribution in [1.29, 1.82) is 0 Å². The molecule has 1 aromatic carbocycles. The van der Waals surface area contributed by atoms with Gasteiger partial charge < -0.3 is 19.8 Å². The molecule has 0 radical (unpaired) electrons. The molecule has 0 aliphatic carbocycles. The van der Waals surface area contributed by atoms with Crippen LogP contribution in [0.4, 0.5) is 16.1 Å². The van der Waals surface area contributed by atoms with Crippen molar-refractivity contribution < 1.29 is 13.5 Å². The summed E-state index contributed by atoms with van der Waals surface area (Å²) in [6, 6.07) is 4.58. The summed E-state index contributed by atoms with van der Waals surface area (Å²) < 4.78 is 23.6. The van der Waals surface area contributed by atoms with Gasteiger partial charge in [-0.1, -0.05) is 5.10 Å². The molecule has 0 aliphatic rings. The SMILES string of the molecule is CNC(C)c1nnc(Nc2ccc(F)c(OC)c2)o1. The zero-order chi connectivity index (χ0) is 13.8. The van der Waals surface area contributed by atoms with E-state index in [9.17, 15) is 4.39 Å². The van der Waals surface area contributed by atoms with Gasteiger partial charge in [-0.2, -0.15) is 0 Å². The smallest absolute Gasteiger partial charge is 0.320 e. The van der Waals surface area contributed by atoms with Gasteiger partial charge in [0.1, 0.15) is 0 Å². The molecule has 2 N–H and O–H groups in total. The quantitative estimate of drug-likeness (QED) is 0.864. The lowest BCUT2D eigenvalue weighted by molar-refractivity contribution is 0.387. The van der Waals surface area contributed by atoms with Gasteiger partial charge in [0.25, 0.3) is 0 Å². The predicted octanol–water partition coefficient (Wildman–Crippen LogP) is 2.24. The largest absolute Gasteiger partial charge is 0.494 e. The Morgan fingerprint density at radius 1 is 1.37 bits per heavy atom. The Bertz CT molecular complexity index is 558. The number of rotatable bonds is 5. The molecule has 1 atom stereocenters. The number of methoxy groups -OCH3 is 1. The highest BCUT2D eigenvalue weighted by Gasteiger charge is 2.12. The van der Waals surface area contributed by atoms with Gasteiger partial charge in [0.05, 0.1) is 13.2 Å². The predicted molar refractivity (Wildman–Crippen MR) is 68.0 cm³/mol. The lowest BCUT2D eigenvalue weighted by atomic mass is 10.3. The van der Waals surface area contributed by atoms with Crippen molar-refractivity contribution >= 4 is 11.7 Å². The van der Waals surface area contributed by atoms with Gasteiger partial charge in [0.15, 0.2) is 11.6 Å². The van der Waals surface area contributed by atoms with Crippen LogP contribution in [0.5, 0.6) is 5.75 Å². The summed E-state index contributed by atoms with van der Waals surface area (Å²) in [5, 5.41) is 13.6. The molecule has 1 aromatic heterocycles. The zero-order valence-electron chi connectivity index (χ0n) is 10.9. The molecule has 0 aliphatic heterocycles. The van der Waals surface area contributed by atoms with E-state index in [4.69, 9.17) is 9.15 Å². The number of anilines is 2. The van der Waals surface area contributed by atoms with Gasteiger partial charge in [0.2, 0.25) is 5.89 Å². The topological polar surface area (TPSA) is 72.2 Å². The lowest BCUT2D eigenvalue weighted by Gasteiger charge is -2.06. The highest BCUT2D eigenvalue weighted by Crippen LogP contribution is 2.24. The fraction of sp³-hybridized carbons (Fsp3) is 0.333. The average molecular weight is 266 g/mol. The molecule has 6 nitrogen and oxygen atoms in total. The molecule has 1 unspecified atom stereocenters. The molecule has 0 fully saturated rings. The third kappa shape index (κ3) is 3.00. The number of halogens is 1. The zero-order valence-corrected chi connectivity index (χ0v) is 10.9. The number of nitrogens with zero attached hydrogens (tertiary/aromatic N) is 2. The van der Waals surface area contributed by atoms with E-state index in [1.165, 1.54) is 19.2 Å². The van der Waals surface area contributed by atoms with Crippen molar-refractivity contribution in [2.45, 2.75) is 13.0 Å². The Labute approximate surface area is 110 Å². The summed E-state index contributed by atoms with van der Waals surface area (Å²) in [4.78, 5) is 0. The van der Waals surface area contributed by atoms with Crippen LogP contribution < -0.4 is 15.4 Å². The molecule has 2 rings (SSSR count). The number of hydrogen-bond acceptors (Lipinski definition) is 6. The van der Waals surface area contributed by atoms with Crippen molar-refractivity contribution in [2.24, 2.45) is 0 Å². The maximum atomic E-state index is 13.3. The van der Waals surface area contributed by atoms with Crippen molar-refractivity contribution in [1.82, 2.24) is 15.5 Å². The molecule has 1 heterocycles. The minimum Gasteiger partial charge on any atom is -0.494 e. The van der Waals surface area contributed by atoms with E-state index in [1.54, 1.807) is 13.1 Å². The fourth-order valence-corrected chi connectivity index (χ4v) is 1.44. The second kappa shape index (κ2) is 5.66. The maximum Gasteiger partial charge on any atom is 0.320 e. The summed E-state index contributed by atoms with van der Waals surface area (Å²) in [6.45, 7) is 1.90. The third-order valence-electron chi connectivity index (χ3n) is 2.65. The van der Waals surface area contributed by atoms with Crippen LogP contribution in [0.2, 0.25) is 0 Å². The summed E-state index contributed by atoms with van der Waals surface area (Å²) in [7, 11) is 3.20. The van der Waals surface area contributed by atoms with Crippen LogP contribution in [0, 0.1) is 5.82 Å². The summed E-state index contributed by atoms with van der Waals surface area (Å²) >= 11 is 0. The van der Waals surface area contributed by atoms with Crippen LogP contribution in [0.15, 0.2) is 22.6 Å². The minimum atomic E-state index is -0.428. The van der Waals surface area contributed by atoms with E-state index >= 15 is 0 Å². The van der Waals surface area contributed by atoms with E-state index in [2.05, 4.69) is 20.8 Å². The molecule has 0 bridgehead atoms. The first-order valence-electron chi connectivity index (χ1n) is 5.75. The second-order valence-corrected chi connectivity index (χ2v) is 3.93. The fourth-order valence-electron chi connectivity index (χ4n) is 1.44. The normalized spacial score (nSPS) is 12.2. The van der Waals surface area contributed by atoms with Crippen molar-refractivity contribution in [3.8, 4) is 5.75 Å². The minimum absolute atomic E-state index is 0.0363. The Morgan fingerprint density at radius 3 is 2.84 bits per heavy atom. The molecule has 19 heavy (non-hydrogen) atoms. The van der Waals surface area contributed by atoms with E-state index < -0.39 is 5.82 Å². The van der Waals surface area contributed by atoms with Crippen LogP contribution >= 0.6 is 0 Å². The van der Waals surface area contributed by atoms with Gasteiger partial charge in [-0.15, -0.1) is 5.10 Å². The van der Waals surface area contributed by atoms with Crippen molar-refractivity contribution in [2.75, 3.05) is 19.5 Å². The highest BCUT2D eigenvalue weighted by molar-refractivity contribution is 5.55. The molecule has 102 valence electrons. The van der Waals surface area contributed by atoms with E-state index in [0.29, 0.717) is 11.6 Å². The number of aromatic nitrogens is 2. The first-order chi connectivity index (χ1) is 9.13. The van der Waals surface area contributed by atoms with Gasteiger partial charge in [0, 0.05) is 11.8 Å². The first kappa shape index (κ1) is 13.3. The van der Waals surface area contributed by atoms with Crippen LogP contribution in [-0.2, 0) is 0 Å². The van der Waals surface area contributed by atoms with Gasteiger partial charge in [-0.25, -0.2) is 4.39 Å². The Hall–Kier alpha value is -2.15. The van der Waals surface area contributed by atoms with Crippen molar-refractivity contribution in [3.63, 3.8) is 0 Å². The van der Waals surface area contributed by atoms with Gasteiger partial charge >= 0.3 is 6.01 Å². The lowest BCUT2D eigenvalue weighted by Crippen LogP contribution is -2.12. The molecular formula is C12H15FN4O2. The van der Waals surface area contributed by atoms with Crippen LogP contribution in [0.25, 0.3) is 0 Å². The standard InChI is InChI=1S/C12H15FN4O2/c1-7(14-2)11-16-17-12(19-11)15-8-4-5-9(13)10(6-8)18-3/h4-7,14H,1-3H3,(H,15,17). The Morgan fingerprint density at radius 2 is 2.16 bits per heavy atom. The number of benzene rings is 1. The molecular weight excluding hydrogens is 251 g/mol. The van der Waals surface area contributed by atoms with E-state index in [-0.39, 0.29) is 17.8 Å². The molecule has 0 saturated heterocycles. The Kier molecular flexibility index (Phi) is 3.96. The number of ether oxygens (including phenoxy) is 1. The first-order valence-corrected chi connectivity index (χ1v) is 5.75. The molecule has 0 amide bonds. The Balaban J connectivity index is 2.15.